The van der Waals surface area contributed by atoms with Gasteiger partial charge in [0.2, 0.25) is 11.9 Å². The SMILES string of the molecule is CC(Nc1nc(NN)nc(-n2cccn2)n1)C1CCCO1. The van der Waals surface area contributed by atoms with E-state index in [0.717, 1.165) is 19.4 Å². The molecule has 0 saturated carbocycles. The number of ether oxygens (including phenoxy) is 1. The minimum absolute atomic E-state index is 0.103. The lowest BCUT2D eigenvalue weighted by molar-refractivity contribution is 0.0994. The molecule has 1 aliphatic heterocycles. The monoisotopic (exact) mass is 290 g/mol. The molecule has 0 spiro atoms. The number of hydrazine groups is 1. The molecule has 0 bridgehead atoms. The van der Waals surface area contributed by atoms with Gasteiger partial charge in [-0.15, -0.1) is 0 Å². The maximum absolute atomic E-state index is 5.65. The molecule has 0 amide bonds. The summed E-state index contributed by atoms with van der Waals surface area (Å²) >= 11 is 0. The molecule has 1 saturated heterocycles. The average molecular weight is 290 g/mol. The molecule has 112 valence electrons. The van der Waals surface area contributed by atoms with Crippen LogP contribution in [-0.4, -0.2) is 43.5 Å². The number of nitrogens with zero attached hydrogens (tertiary/aromatic N) is 5. The minimum atomic E-state index is 0.103. The lowest BCUT2D eigenvalue weighted by atomic mass is 10.1. The molecule has 2 atom stereocenters. The average Bonchev–Trinajstić information content (AvgIpc) is 3.19. The number of hydrogen-bond donors (Lipinski definition) is 3. The molecule has 2 unspecified atom stereocenters. The van der Waals surface area contributed by atoms with Crippen molar-refractivity contribution in [2.45, 2.75) is 31.9 Å². The fourth-order valence-electron chi connectivity index (χ4n) is 2.28. The Labute approximate surface area is 121 Å². The molecule has 9 nitrogen and oxygen atoms in total. The first-order valence-electron chi connectivity index (χ1n) is 6.87. The Balaban J connectivity index is 1.82. The molecule has 3 rings (SSSR count). The molecule has 9 heteroatoms. The summed E-state index contributed by atoms with van der Waals surface area (Å²) < 4.78 is 7.20. The highest BCUT2D eigenvalue weighted by molar-refractivity contribution is 5.37. The largest absolute Gasteiger partial charge is 0.376 e. The van der Waals surface area contributed by atoms with Gasteiger partial charge in [-0.2, -0.15) is 20.1 Å². The van der Waals surface area contributed by atoms with Crippen LogP contribution in [0.2, 0.25) is 0 Å². The van der Waals surface area contributed by atoms with Crippen molar-refractivity contribution in [2.24, 2.45) is 5.84 Å². The van der Waals surface area contributed by atoms with E-state index < -0.39 is 0 Å². The van der Waals surface area contributed by atoms with Crippen LogP contribution >= 0.6 is 0 Å². The lowest BCUT2D eigenvalue weighted by Gasteiger charge is -2.20. The van der Waals surface area contributed by atoms with Crippen LogP contribution in [0.5, 0.6) is 0 Å². The number of nitrogens with two attached hydrogens (primary N) is 1. The Morgan fingerprint density at radius 3 is 2.90 bits per heavy atom. The van der Waals surface area contributed by atoms with Gasteiger partial charge in [-0.25, -0.2) is 10.5 Å². The first-order chi connectivity index (χ1) is 10.3. The highest BCUT2D eigenvalue weighted by atomic mass is 16.5. The zero-order valence-corrected chi connectivity index (χ0v) is 11.7. The van der Waals surface area contributed by atoms with Crippen molar-refractivity contribution in [2.75, 3.05) is 17.3 Å². The van der Waals surface area contributed by atoms with E-state index in [-0.39, 0.29) is 18.1 Å². The maximum atomic E-state index is 5.65. The molecule has 3 heterocycles. The van der Waals surface area contributed by atoms with Gasteiger partial charge in [0.1, 0.15) is 0 Å². The van der Waals surface area contributed by atoms with Crippen LogP contribution in [0.4, 0.5) is 11.9 Å². The van der Waals surface area contributed by atoms with Gasteiger partial charge in [0.25, 0.3) is 5.95 Å². The van der Waals surface area contributed by atoms with Gasteiger partial charge < -0.3 is 10.1 Å². The van der Waals surface area contributed by atoms with Crippen LogP contribution in [0.15, 0.2) is 18.5 Å². The summed E-state index contributed by atoms with van der Waals surface area (Å²) in [5, 5.41) is 7.34. The molecule has 21 heavy (non-hydrogen) atoms. The first kappa shape index (κ1) is 13.7. The fourth-order valence-corrected chi connectivity index (χ4v) is 2.28. The van der Waals surface area contributed by atoms with Crippen LogP contribution in [0.3, 0.4) is 0 Å². The van der Waals surface area contributed by atoms with Crippen molar-refractivity contribution in [1.82, 2.24) is 24.7 Å². The van der Waals surface area contributed by atoms with Gasteiger partial charge in [0.05, 0.1) is 12.1 Å². The maximum Gasteiger partial charge on any atom is 0.257 e. The Hall–Kier alpha value is -2.26. The van der Waals surface area contributed by atoms with Crippen molar-refractivity contribution in [1.29, 1.82) is 0 Å². The molecule has 1 aliphatic rings. The number of nitrogens with one attached hydrogen (secondary N) is 2. The molecule has 0 aromatic carbocycles. The third-order valence-electron chi connectivity index (χ3n) is 3.34. The Kier molecular flexibility index (Phi) is 3.93. The van der Waals surface area contributed by atoms with E-state index in [1.54, 1.807) is 23.1 Å². The predicted molar refractivity (Wildman–Crippen MR) is 76.8 cm³/mol. The van der Waals surface area contributed by atoms with Crippen LogP contribution in [0, 0.1) is 0 Å². The third-order valence-corrected chi connectivity index (χ3v) is 3.34. The summed E-state index contributed by atoms with van der Waals surface area (Å²) in [6, 6.07) is 1.90. The van der Waals surface area contributed by atoms with Crippen LogP contribution in [-0.2, 0) is 4.74 Å². The molecular formula is C12H18N8O. The molecule has 0 aliphatic carbocycles. The summed E-state index contributed by atoms with van der Waals surface area (Å²) in [4.78, 5) is 12.7. The zero-order valence-electron chi connectivity index (χ0n) is 11.7. The molecule has 4 N–H and O–H groups in total. The Morgan fingerprint density at radius 1 is 1.38 bits per heavy atom. The summed E-state index contributed by atoms with van der Waals surface area (Å²) in [5.74, 6) is 6.51. The number of rotatable bonds is 5. The number of nitrogen functional groups attached to an aromatic ring is 1. The van der Waals surface area contributed by atoms with Crippen LogP contribution < -0.4 is 16.6 Å². The van der Waals surface area contributed by atoms with E-state index in [9.17, 15) is 0 Å². The van der Waals surface area contributed by atoms with Gasteiger partial charge in [-0.3, -0.25) is 5.43 Å². The van der Waals surface area contributed by atoms with Crippen LogP contribution in [0.25, 0.3) is 5.95 Å². The lowest BCUT2D eigenvalue weighted by Crippen LogP contribution is -2.31. The summed E-state index contributed by atoms with van der Waals surface area (Å²) in [6.07, 6.45) is 5.70. The fraction of sp³-hybridized carbons (Fsp3) is 0.500. The number of anilines is 2. The topological polar surface area (TPSA) is 116 Å². The quantitative estimate of drug-likeness (QED) is 0.532. The van der Waals surface area contributed by atoms with Crippen LogP contribution in [0.1, 0.15) is 19.8 Å². The molecule has 1 fully saturated rings. The van der Waals surface area contributed by atoms with Crippen molar-refractivity contribution < 1.29 is 4.74 Å². The van der Waals surface area contributed by atoms with E-state index in [4.69, 9.17) is 10.6 Å². The van der Waals surface area contributed by atoms with Crippen molar-refractivity contribution in [3.63, 3.8) is 0 Å². The van der Waals surface area contributed by atoms with E-state index >= 15 is 0 Å². The second kappa shape index (κ2) is 6.02. The molecular weight excluding hydrogens is 272 g/mol. The second-order valence-corrected chi connectivity index (χ2v) is 4.86. The van der Waals surface area contributed by atoms with Gasteiger partial charge in [-0.05, 0) is 25.8 Å². The first-order valence-corrected chi connectivity index (χ1v) is 6.87. The standard InChI is InChI=1S/C12H18N8O/c1-8(9-4-2-7-21-9)15-10-16-11(19-13)18-12(17-10)20-6-3-5-14-20/h3,5-6,8-9H,2,4,7,13H2,1H3,(H2,15,16,17,18,19). The normalized spacial score (nSPS) is 19.4. The van der Waals surface area contributed by atoms with Gasteiger partial charge >= 0.3 is 0 Å². The van der Waals surface area contributed by atoms with E-state index in [2.05, 4.69) is 30.8 Å². The molecule has 0 radical (unpaired) electrons. The van der Waals surface area contributed by atoms with E-state index in [1.165, 1.54) is 0 Å². The van der Waals surface area contributed by atoms with Crippen molar-refractivity contribution in [3.8, 4) is 5.95 Å². The summed E-state index contributed by atoms with van der Waals surface area (Å²) in [6.45, 7) is 2.85. The number of hydrogen-bond acceptors (Lipinski definition) is 8. The van der Waals surface area contributed by atoms with Gasteiger partial charge in [0.15, 0.2) is 0 Å². The van der Waals surface area contributed by atoms with Gasteiger partial charge in [-0.1, -0.05) is 0 Å². The minimum Gasteiger partial charge on any atom is -0.376 e. The molecule has 2 aromatic heterocycles. The number of aromatic nitrogens is 5. The Bertz CT molecular complexity index is 581. The van der Waals surface area contributed by atoms with E-state index in [0.29, 0.717) is 11.9 Å². The van der Waals surface area contributed by atoms with E-state index in [1.807, 2.05) is 6.92 Å². The van der Waals surface area contributed by atoms with Gasteiger partial charge in [0, 0.05) is 19.0 Å². The highest BCUT2D eigenvalue weighted by Crippen LogP contribution is 2.18. The smallest absolute Gasteiger partial charge is 0.257 e. The summed E-state index contributed by atoms with van der Waals surface area (Å²) in [5.41, 5.74) is 2.44. The predicted octanol–water partition coefficient (Wildman–Crippen LogP) is 0.322. The van der Waals surface area contributed by atoms with Crippen molar-refractivity contribution >= 4 is 11.9 Å². The van der Waals surface area contributed by atoms with Crippen molar-refractivity contribution in [3.05, 3.63) is 18.5 Å². The molecule has 2 aromatic rings. The second-order valence-electron chi connectivity index (χ2n) is 4.86. The third kappa shape index (κ3) is 3.09. The zero-order chi connectivity index (χ0) is 14.7. The Morgan fingerprint density at radius 2 is 2.24 bits per heavy atom. The highest BCUT2D eigenvalue weighted by Gasteiger charge is 2.23. The summed E-state index contributed by atoms with van der Waals surface area (Å²) in [7, 11) is 0.